The molecule has 6 unspecified atom stereocenters. The van der Waals surface area contributed by atoms with Crippen molar-refractivity contribution in [2.24, 2.45) is 29.6 Å². The summed E-state index contributed by atoms with van der Waals surface area (Å²) in [5.74, 6) is -19.8. The lowest BCUT2D eigenvalue weighted by Crippen LogP contribution is -2.51. The number of hydrogen-bond donors (Lipinski definition) is 14. The zero-order valence-corrected chi connectivity index (χ0v) is 56.3. The van der Waals surface area contributed by atoms with Crippen molar-refractivity contribution in [1.82, 2.24) is 46.2 Å². The molecule has 0 bridgehead atoms. The average molecular weight is 1430 g/mol. The van der Waals surface area contributed by atoms with Gasteiger partial charge >= 0.3 is 59.8 Å². The van der Waals surface area contributed by atoms with Gasteiger partial charge in [0.15, 0.2) is 5.78 Å². The molecule has 2 aromatic carbocycles. The molecular weight excluding hydrogens is 1330 g/mol. The van der Waals surface area contributed by atoms with Gasteiger partial charge in [0, 0.05) is 134 Å². The Balaban J connectivity index is 1.40. The smallest absolute Gasteiger partial charge is 0.326 e. The van der Waals surface area contributed by atoms with Crippen LogP contribution in [0.3, 0.4) is 0 Å². The Bertz CT molecular complexity index is 3200. The number of Topliss-reactive ketones (excluding diaryl/α,β-unsaturated/α-hetero) is 3. The lowest BCUT2D eigenvalue weighted by molar-refractivity contribution is -0.141. The Morgan fingerprint density at radius 1 is 0.416 bits per heavy atom. The molecular formula is C67H95N9O25. The van der Waals surface area contributed by atoms with E-state index in [4.69, 9.17) is 5.11 Å². The summed E-state index contributed by atoms with van der Waals surface area (Å²) in [5.41, 5.74) is 0.782. The maximum atomic E-state index is 14.2. The van der Waals surface area contributed by atoms with Crippen LogP contribution in [-0.2, 0) is 78.3 Å². The number of carboxylic acids is 9. The molecule has 2 aromatic rings. The summed E-state index contributed by atoms with van der Waals surface area (Å²) in [7, 11) is 0. The predicted molar refractivity (Wildman–Crippen MR) is 355 cm³/mol. The van der Waals surface area contributed by atoms with E-state index < -0.39 is 208 Å². The predicted octanol–water partition coefficient (Wildman–Crippen LogP) is 0.943. The third kappa shape index (κ3) is 33.5. The normalized spacial score (nSPS) is 17.7. The molecule has 1 aliphatic heterocycles. The quantitative estimate of drug-likeness (QED) is 0.0410. The maximum absolute atomic E-state index is 14.2. The minimum absolute atomic E-state index is 0.0421. The number of carbonyl (C=O) groups excluding carboxylic acids is 7. The summed E-state index contributed by atoms with van der Waals surface area (Å²) in [5, 5.41) is 100.0. The first-order valence-electron chi connectivity index (χ1n) is 33.7. The number of carboxylic acid groups (broad SMARTS) is 9. The molecule has 2 fully saturated rings. The van der Waals surface area contributed by atoms with Crippen LogP contribution < -0.4 is 26.6 Å². The molecule has 34 nitrogen and oxygen atoms in total. The number of rotatable bonds is 45. The van der Waals surface area contributed by atoms with Crippen molar-refractivity contribution in [3.8, 4) is 0 Å². The van der Waals surface area contributed by atoms with Gasteiger partial charge in [-0.3, -0.25) is 81.9 Å². The van der Waals surface area contributed by atoms with E-state index in [0.29, 0.717) is 25.7 Å². The molecule has 0 radical (unpaired) electrons. The molecule has 4 rings (SSSR count). The number of urea groups is 1. The van der Waals surface area contributed by atoms with Crippen LogP contribution in [0.4, 0.5) is 4.79 Å². The molecule has 5 amide bonds. The fourth-order valence-electron chi connectivity index (χ4n) is 12.2. The Labute approximate surface area is 581 Å². The number of fused-ring (bicyclic) bond motifs is 1. The average Bonchev–Trinajstić information content (AvgIpc) is 0.837. The SMILES string of the molecule is O=C(O)CCC(CC(=O)C(CCC(=O)O)NC(=O)C(CCC(=O)O)CC(=O)CN1CCN(CC(=O)O)CCN(CC(=O)O)CCN(CC(=O)O)CC1)C(=O)NCC1CCC(C(=O)CC(Cc2ccc3ccccc3c2)C(=O)NCCCCC(NC(=O)NC(CCC(=O)O)C(=O)O)C(=O)O)CC1. The van der Waals surface area contributed by atoms with Crippen molar-refractivity contribution in [2.75, 3.05) is 91.6 Å². The van der Waals surface area contributed by atoms with Gasteiger partial charge in [-0.15, -0.1) is 0 Å². The van der Waals surface area contributed by atoms with Crippen molar-refractivity contribution in [2.45, 2.75) is 140 Å². The topological polar surface area (TPSA) is 528 Å². The molecule has 2 aliphatic rings. The number of ketones is 3. The lowest BCUT2D eigenvalue weighted by atomic mass is 9.77. The zero-order chi connectivity index (χ0) is 74.7. The third-order valence-electron chi connectivity index (χ3n) is 17.9. The van der Waals surface area contributed by atoms with Gasteiger partial charge in [0.25, 0.3) is 0 Å². The van der Waals surface area contributed by atoms with Gasteiger partial charge in [0.2, 0.25) is 17.7 Å². The summed E-state index contributed by atoms with van der Waals surface area (Å²) < 4.78 is 0. The van der Waals surface area contributed by atoms with E-state index in [1.807, 2.05) is 42.5 Å². The Hall–Kier alpha value is -9.54. The number of unbranched alkanes of at least 4 members (excludes halogenated alkanes) is 1. The van der Waals surface area contributed by atoms with Gasteiger partial charge < -0.3 is 72.5 Å². The second-order valence-electron chi connectivity index (χ2n) is 25.8. The summed E-state index contributed by atoms with van der Waals surface area (Å²) in [6.45, 7) is -0.952. The monoisotopic (exact) mass is 1430 g/mol. The Kier molecular flexibility index (Phi) is 36.4. The van der Waals surface area contributed by atoms with Crippen LogP contribution in [0, 0.1) is 29.6 Å². The number of carbonyl (C=O) groups is 16. The zero-order valence-electron chi connectivity index (χ0n) is 56.3. The van der Waals surface area contributed by atoms with E-state index >= 15 is 0 Å². The van der Waals surface area contributed by atoms with E-state index in [1.165, 1.54) is 9.80 Å². The van der Waals surface area contributed by atoms with Crippen molar-refractivity contribution in [1.29, 1.82) is 0 Å². The van der Waals surface area contributed by atoms with Crippen LogP contribution in [0.15, 0.2) is 42.5 Å². The van der Waals surface area contributed by atoms with E-state index in [2.05, 4.69) is 26.6 Å². The second kappa shape index (κ2) is 43.9. The number of nitrogens with zero attached hydrogens (tertiary/aromatic N) is 4. The van der Waals surface area contributed by atoms with Gasteiger partial charge in [-0.25, -0.2) is 14.4 Å². The van der Waals surface area contributed by atoms with Gasteiger partial charge in [-0.1, -0.05) is 42.5 Å². The van der Waals surface area contributed by atoms with Gasteiger partial charge in [-0.05, 0) is 99.3 Å². The first kappa shape index (κ1) is 83.9. The van der Waals surface area contributed by atoms with E-state index in [9.17, 15) is 118 Å². The summed E-state index contributed by atoms with van der Waals surface area (Å²) >= 11 is 0. The maximum Gasteiger partial charge on any atom is 0.326 e. The number of benzene rings is 2. The lowest BCUT2D eigenvalue weighted by Gasteiger charge is -2.33. The summed E-state index contributed by atoms with van der Waals surface area (Å²) in [6.07, 6.45) is -3.51. The van der Waals surface area contributed by atoms with Crippen molar-refractivity contribution in [3.05, 3.63) is 48.0 Å². The molecule has 14 N–H and O–H groups in total. The number of hydrogen-bond acceptors (Lipinski definition) is 20. The minimum Gasteiger partial charge on any atom is -0.481 e. The van der Waals surface area contributed by atoms with Crippen LogP contribution in [-0.4, -0.2) is 270 Å². The van der Waals surface area contributed by atoms with Crippen molar-refractivity contribution < 1.29 is 123 Å². The largest absolute Gasteiger partial charge is 0.481 e. The second-order valence-corrected chi connectivity index (χ2v) is 25.8. The molecule has 1 aliphatic carbocycles. The highest BCUT2D eigenvalue weighted by molar-refractivity contribution is 5.95. The number of amides is 5. The number of aliphatic carboxylic acids is 9. The van der Waals surface area contributed by atoms with Crippen molar-refractivity contribution in [3.63, 3.8) is 0 Å². The fraction of sp³-hybridized carbons (Fsp3) is 0.612. The van der Waals surface area contributed by atoms with Crippen LogP contribution in [0.2, 0.25) is 0 Å². The molecule has 558 valence electrons. The molecule has 34 heteroatoms. The summed E-state index contributed by atoms with van der Waals surface area (Å²) in [4.78, 5) is 208. The molecule has 1 saturated heterocycles. The molecule has 1 saturated carbocycles. The minimum atomic E-state index is -1.62. The highest BCUT2D eigenvalue weighted by Gasteiger charge is 2.35. The van der Waals surface area contributed by atoms with E-state index in [1.54, 1.807) is 9.80 Å². The highest BCUT2D eigenvalue weighted by atomic mass is 16.4. The fourth-order valence-corrected chi connectivity index (χ4v) is 12.2. The van der Waals surface area contributed by atoms with E-state index in [-0.39, 0.29) is 122 Å². The summed E-state index contributed by atoms with van der Waals surface area (Å²) in [6, 6.07) is 7.45. The first-order chi connectivity index (χ1) is 47.8. The van der Waals surface area contributed by atoms with Crippen LogP contribution in [0.1, 0.15) is 121 Å². The van der Waals surface area contributed by atoms with Gasteiger partial charge in [0.1, 0.15) is 23.7 Å². The third-order valence-corrected chi connectivity index (χ3v) is 17.9. The van der Waals surface area contributed by atoms with Crippen LogP contribution >= 0.6 is 0 Å². The van der Waals surface area contributed by atoms with Crippen LogP contribution in [0.25, 0.3) is 10.8 Å². The molecule has 0 spiro atoms. The molecule has 1 heterocycles. The molecule has 0 aromatic heterocycles. The number of nitrogens with one attached hydrogen (secondary N) is 5. The van der Waals surface area contributed by atoms with E-state index in [0.717, 1.165) is 16.3 Å². The Morgan fingerprint density at radius 2 is 0.861 bits per heavy atom. The van der Waals surface area contributed by atoms with Gasteiger partial charge in [0.05, 0.1) is 32.2 Å². The molecule has 6 atom stereocenters. The molecule has 101 heavy (non-hydrogen) atoms. The first-order valence-corrected chi connectivity index (χ1v) is 33.7. The van der Waals surface area contributed by atoms with Crippen LogP contribution in [0.5, 0.6) is 0 Å². The highest BCUT2D eigenvalue weighted by Crippen LogP contribution is 2.32. The van der Waals surface area contributed by atoms with Gasteiger partial charge in [-0.2, -0.15) is 0 Å². The standard InChI is InChI=1S/C67H95N9O25/c77-49(37-73-23-25-74(38-59(88)89)27-29-76(40-61(92)93)30-28-75(26-24-73)39-60(90)91)33-46(14-18-55(80)81)64(96)70-50(16-20-57(84)85)54(79)34-47(15-19-56(82)83)62(94)69-36-41-8-12-44(13-9-41)53(78)35-48(32-42-10-11-43-5-1-2-6-45(43)31-42)63(95)68-22-4-3-7-51(65(97)98)71-67(101)72-52(66(99)100)17-21-58(86)87/h1-2,5-6,10-11,31,41,44,46-48,50-52H,3-4,7-9,12-30,32-40H2,(H,68,95)(H,69,94)(H,70,96)(H,80,81)(H,82,83)(H,84,85)(H,86,87)(H,88,89)(H,90,91)(H,92,93)(H,97,98)(H,99,100)(H2,71,72,101). The van der Waals surface area contributed by atoms with Crippen molar-refractivity contribution >= 4 is 106 Å². The Morgan fingerprint density at radius 3 is 1.35 bits per heavy atom.